The van der Waals surface area contributed by atoms with Gasteiger partial charge >= 0.3 is 0 Å². The van der Waals surface area contributed by atoms with Crippen molar-refractivity contribution in [3.63, 3.8) is 0 Å². The Kier molecular flexibility index (Phi) is 7.89. The van der Waals surface area contributed by atoms with E-state index in [0.717, 1.165) is 33.8 Å². The van der Waals surface area contributed by atoms with Crippen molar-refractivity contribution in [1.29, 1.82) is 0 Å². The Morgan fingerprint density at radius 1 is 1.03 bits per heavy atom. The number of carbonyl (C=O) groups is 3. The summed E-state index contributed by atoms with van der Waals surface area (Å²) in [6.07, 6.45) is 3.16. The standard InChI is InChI=1S/C27H30N4O3/c1-17(2)31(26(33)14-19(4)32)25-11-9-21(13-18(25)3)24-10-8-23(16-29-24)27(34)30-15-22-7-6-12-28-20(22)5/h6-13,16-17H,14-15H2,1-5H3,(H,30,34). The van der Waals surface area contributed by atoms with Crippen molar-refractivity contribution in [2.75, 3.05) is 4.90 Å². The Bertz CT molecular complexity index is 1200. The molecule has 3 aromatic rings. The predicted octanol–water partition coefficient (Wildman–Crippen LogP) is 4.41. The molecule has 0 aliphatic carbocycles. The van der Waals surface area contributed by atoms with Gasteiger partial charge in [-0.1, -0.05) is 12.1 Å². The number of benzene rings is 1. The maximum atomic E-state index is 12.6. The van der Waals surface area contributed by atoms with E-state index in [0.29, 0.717) is 12.1 Å². The highest BCUT2D eigenvalue weighted by atomic mass is 16.2. The molecule has 0 aliphatic rings. The number of Topliss-reactive ketones (excluding diaryl/α,β-unsaturated/α-hetero) is 1. The van der Waals surface area contributed by atoms with Gasteiger partial charge in [0.2, 0.25) is 5.91 Å². The lowest BCUT2D eigenvalue weighted by atomic mass is 10.0. The number of aryl methyl sites for hydroxylation is 2. The first-order valence-corrected chi connectivity index (χ1v) is 11.2. The second-order valence-corrected chi connectivity index (χ2v) is 8.60. The van der Waals surface area contributed by atoms with Gasteiger partial charge in [-0.2, -0.15) is 0 Å². The number of amides is 2. The SMILES string of the molecule is CC(=O)CC(=O)N(c1ccc(-c2ccc(C(=O)NCc3cccnc3C)cn2)cc1C)C(C)C. The van der Waals surface area contributed by atoms with Gasteiger partial charge in [0.1, 0.15) is 5.78 Å². The Hall–Kier alpha value is -3.87. The zero-order valence-corrected chi connectivity index (χ0v) is 20.3. The van der Waals surface area contributed by atoms with Crippen LogP contribution >= 0.6 is 0 Å². The van der Waals surface area contributed by atoms with E-state index in [-0.39, 0.29) is 30.1 Å². The summed E-state index contributed by atoms with van der Waals surface area (Å²) in [5.74, 6) is -0.576. The van der Waals surface area contributed by atoms with Gasteiger partial charge in [0.05, 0.1) is 17.7 Å². The first-order chi connectivity index (χ1) is 16.2. The van der Waals surface area contributed by atoms with Crippen LogP contribution in [0, 0.1) is 13.8 Å². The number of nitrogens with one attached hydrogen (secondary N) is 1. The van der Waals surface area contributed by atoms with Gasteiger partial charge in [-0.3, -0.25) is 24.4 Å². The minimum absolute atomic E-state index is 0.0808. The molecule has 1 aromatic carbocycles. The molecule has 34 heavy (non-hydrogen) atoms. The Morgan fingerprint density at radius 2 is 1.79 bits per heavy atom. The van der Waals surface area contributed by atoms with Gasteiger partial charge in [0.15, 0.2) is 0 Å². The van der Waals surface area contributed by atoms with Crippen LogP contribution in [0.1, 0.15) is 54.4 Å². The van der Waals surface area contributed by atoms with E-state index in [9.17, 15) is 14.4 Å². The maximum Gasteiger partial charge on any atom is 0.253 e. The zero-order chi connectivity index (χ0) is 24.8. The molecule has 1 N–H and O–H groups in total. The second kappa shape index (κ2) is 10.8. The van der Waals surface area contributed by atoms with Crippen LogP contribution in [0.15, 0.2) is 54.9 Å². The Balaban J connectivity index is 1.74. The van der Waals surface area contributed by atoms with Crippen molar-refractivity contribution in [3.05, 3.63) is 77.2 Å². The van der Waals surface area contributed by atoms with Crippen molar-refractivity contribution < 1.29 is 14.4 Å². The van der Waals surface area contributed by atoms with Crippen molar-refractivity contribution >= 4 is 23.3 Å². The maximum absolute atomic E-state index is 12.6. The van der Waals surface area contributed by atoms with E-state index in [2.05, 4.69) is 15.3 Å². The molecule has 176 valence electrons. The van der Waals surface area contributed by atoms with Gasteiger partial charge < -0.3 is 10.2 Å². The molecule has 7 nitrogen and oxygen atoms in total. The van der Waals surface area contributed by atoms with Gasteiger partial charge in [-0.15, -0.1) is 0 Å². The highest BCUT2D eigenvalue weighted by Crippen LogP contribution is 2.28. The zero-order valence-electron chi connectivity index (χ0n) is 20.3. The number of ketones is 1. The largest absolute Gasteiger partial charge is 0.348 e. The molecule has 2 aromatic heterocycles. The van der Waals surface area contributed by atoms with Crippen molar-refractivity contribution in [2.24, 2.45) is 0 Å². The number of nitrogens with zero attached hydrogens (tertiary/aromatic N) is 3. The predicted molar refractivity (Wildman–Crippen MR) is 132 cm³/mol. The lowest BCUT2D eigenvalue weighted by Gasteiger charge is -2.28. The van der Waals surface area contributed by atoms with Gasteiger partial charge in [-0.25, -0.2) is 0 Å². The lowest BCUT2D eigenvalue weighted by molar-refractivity contribution is -0.125. The average Bonchev–Trinajstić information content (AvgIpc) is 2.79. The number of hydrogen-bond acceptors (Lipinski definition) is 5. The summed E-state index contributed by atoms with van der Waals surface area (Å²) in [7, 11) is 0. The molecule has 2 amide bonds. The minimum Gasteiger partial charge on any atom is -0.348 e. The molecular weight excluding hydrogens is 428 g/mol. The highest BCUT2D eigenvalue weighted by Gasteiger charge is 2.22. The van der Waals surface area contributed by atoms with Crippen molar-refractivity contribution in [2.45, 2.75) is 53.6 Å². The summed E-state index contributed by atoms with van der Waals surface area (Å²) in [5, 5.41) is 2.90. The van der Waals surface area contributed by atoms with Crippen molar-refractivity contribution in [3.8, 4) is 11.3 Å². The van der Waals surface area contributed by atoms with Crippen LogP contribution < -0.4 is 10.2 Å². The smallest absolute Gasteiger partial charge is 0.253 e. The molecule has 0 unspecified atom stereocenters. The highest BCUT2D eigenvalue weighted by molar-refractivity contribution is 6.05. The molecule has 2 heterocycles. The quantitative estimate of drug-likeness (QED) is 0.505. The van der Waals surface area contributed by atoms with Crippen LogP contribution in [0.25, 0.3) is 11.3 Å². The fourth-order valence-corrected chi connectivity index (χ4v) is 3.76. The summed E-state index contributed by atoms with van der Waals surface area (Å²) in [4.78, 5) is 47.0. The van der Waals surface area contributed by atoms with E-state index in [1.54, 1.807) is 29.4 Å². The van der Waals surface area contributed by atoms with Gasteiger partial charge in [0, 0.05) is 41.9 Å². The van der Waals surface area contributed by atoms with Crippen LogP contribution in [0.3, 0.4) is 0 Å². The van der Waals surface area contributed by atoms with Gasteiger partial charge in [0.25, 0.3) is 5.91 Å². The third-order valence-corrected chi connectivity index (χ3v) is 5.52. The third-order valence-electron chi connectivity index (χ3n) is 5.52. The molecule has 0 spiro atoms. The van der Waals surface area contributed by atoms with Crippen LogP contribution in [0.2, 0.25) is 0 Å². The fraction of sp³-hybridized carbons (Fsp3) is 0.296. The van der Waals surface area contributed by atoms with E-state index in [1.807, 2.05) is 58.0 Å². The van der Waals surface area contributed by atoms with E-state index in [1.165, 1.54) is 6.92 Å². The topological polar surface area (TPSA) is 92.3 Å². The monoisotopic (exact) mass is 458 g/mol. The normalized spacial score (nSPS) is 10.8. The van der Waals surface area contributed by atoms with E-state index in [4.69, 9.17) is 0 Å². The molecule has 0 atom stereocenters. The molecule has 3 rings (SSSR count). The summed E-state index contributed by atoms with van der Waals surface area (Å²) in [5.41, 5.74) is 5.59. The average molecular weight is 459 g/mol. The van der Waals surface area contributed by atoms with Crippen LogP contribution in [0.4, 0.5) is 5.69 Å². The number of carbonyl (C=O) groups excluding carboxylic acids is 3. The number of rotatable bonds is 8. The lowest BCUT2D eigenvalue weighted by Crippen LogP contribution is -2.38. The second-order valence-electron chi connectivity index (χ2n) is 8.60. The summed E-state index contributed by atoms with van der Waals surface area (Å²) in [6, 6.07) is 13.0. The molecule has 7 heteroatoms. The van der Waals surface area contributed by atoms with E-state index < -0.39 is 0 Å². The number of aromatic nitrogens is 2. The number of hydrogen-bond donors (Lipinski definition) is 1. The fourth-order valence-electron chi connectivity index (χ4n) is 3.76. The summed E-state index contributed by atoms with van der Waals surface area (Å²) < 4.78 is 0. The first kappa shape index (κ1) is 24.8. The molecule has 0 saturated heterocycles. The number of pyridine rings is 2. The Morgan fingerprint density at radius 3 is 2.38 bits per heavy atom. The summed E-state index contributed by atoms with van der Waals surface area (Å²) >= 11 is 0. The molecule has 0 saturated carbocycles. The van der Waals surface area contributed by atoms with Crippen molar-refractivity contribution in [1.82, 2.24) is 15.3 Å². The van der Waals surface area contributed by atoms with E-state index >= 15 is 0 Å². The molecule has 0 radical (unpaired) electrons. The van der Waals surface area contributed by atoms with Crippen LogP contribution in [-0.4, -0.2) is 33.6 Å². The molecule has 0 aliphatic heterocycles. The number of anilines is 1. The molecule has 0 bridgehead atoms. The van der Waals surface area contributed by atoms with Crippen LogP contribution in [0.5, 0.6) is 0 Å². The molecule has 0 fully saturated rings. The first-order valence-electron chi connectivity index (χ1n) is 11.2. The van der Waals surface area contributed by atoms with Gasteiger partial charge in [-0.05, 0) is 76.1 Å². The summed E-state index contributed by atoms with van der Waals surface area (Å²) in [6.45, 7) is 9.50. The third kappa shape index (κ3) is 5.92. The minimum atomic E-state index is -0.215. The van der Waals surface area contributed by atoms with Crippen LogP contribution in [-0.2, 0) is 16.1 Å². The Labute approximate surface area is 200 Å². The molecular formula is C27H30N4O3.